The first-order valence-electron chi connectivity index (χ1n) is 6.57. The Kier molecular flexibility index (Phi) is 3.85. The maximum absolute atomic E-state index is 3.61. The van der Waals surface area contributed by atoms with E-state index < -0.39 is 0 Å². The van der Waals surface area contributed by atoms with Crippen molar-refractivity contribution in [1.82, 2.24) is 10.6 Å². The molecule has 1 saturated heterocycles. The summed E-state index contributed by atoms with van der Waals surface area (Å²) in [5.74, 6) is 0.836. The highest BCUT2D eigenvalue weighted by Crippen LogP contribution is 2.25. The molecule has 0 spiro atoms. The van der Waals surface area contributed by atoms with E-state index in [2.05, 4.69) is 55.7 Å². The van der Waals surface area contributed by atoms with Crippen molar-refractivity contribution in [3.63, 3.8) is 0 Å². The first-order chi connectivity index (χ1) is 8.09. The highest BCUT2D eigenvalue weighted by molar-refractivity contribution is 5.32. The lowest BCUT2D eigenvalue weighted by Gasteiger charge is -2.31. The molecule has 17 heavy (non-hydrogen) atoms. The summed E-state index contributed by atoms with van der Waals surface area (Å²) in [5.41, 5.74) is 3.06. The van der Waals surface area contributed by atoms with Crippen molar-refractivity contribution < 1.29 is 0 Å². The minimum absolute atomic E-state index is 0.211. The maximum atomic E-state index is 3.61. The topological polar surface area (TPSA) is 24.1 Å². The van der Waals surface area contributed by atoms with Crippen LogP contribution < -0.4 is 10.6 Å². The van der Waals surface area contributed by atoms with E-state index in [0.717, 1.165) is 19.0 Å². The summed E-state index contributed by atoms with van der Waals surface area (Å²) in [4.78, 5) is 0. The zero-order valence-electron chi connectivity index (χ0n) is 11.2. The first-order valence-corrected chi connectivity index (χ1v) is 6.57. The zero-order valence-corrected chi connectivity index (χ0v) is 11.2. The van der Waals surface area contributed by atoms with E-state index in [1.54, 1.807) is 0 Å². The van der Waals surface area contributed by atoms with Crippen LogP contribution in [0.5, 0.6) is 0 Å². The van der Waals surface area contributed by atoms with Crippen molar-refractivity contribution in [3.05, 3.63) is 35.4 Å². The third kappa shape index (κ3) is 3.08. The van der Waals surface area contributed by atoms with E-state index in [-0.39, 0.29) is 5.41 Å². The summed E-state index contributed by atoms with van der Waals surface area (Å²) < 4.78 is 0. The molecule has 1 fully saturated rings. The normalized spacial score (nSPS) is 16.9. The van der Waals surface area contributed by atoms with E-state index in [1.165, 1.54) is 24.2 Å². The monoisotopic (exact) mass is 232 g/mol. The third-order valence-electron chi connectivity index (χ3n) is 3.74. The van der Waals surface area contributed by atoms with Gasteiger partial charge in [0.15, 0.2) is 0 Å². The van der Waals surface area contributed by atoms with Crippen molar-refractivity contribution >= 4 is 0 Å². The molecule has 2 N–H and O–H groups in total. The minimum Gasteiger partial charge on any atom is -0.316 e. The van der Waals surface area contributed by atoms with Gasteiger partial charge in [0.2, 0.25) is 0 Å². The fraction of sp³-hybridized carbons (Fsp3) is 0.600. The average molecular weight is 232 g/mol. The van der Waals surface area contributed by atoms with Crippen molar-refractivity contribution in [3.8, 4) is 0 Å². The minimum atomic E-state index is 0.211. The molecule has 0 unspecified atom stereocenters. The van der Waals surface area contributed by atoms with Crippen molar-refractivity contribution in [1.29, 1.82) is 0 Å². The van der Waals surface area contributed by atoms with Gasteiger partial charge in [-0.2, -0.15) is 0 Å². The molecule has 1 aromatic carbocycles. The molecule has 1 heterocycles. The van der Waals surface area contributed by atoms with E-state index in [4.69, 9.17) is 0 Å². The number of aryl methyl sites for hydroxylation is 1. The van der Waals surface area contributed by atoms with Crippen LogP contribution in [-0.4, -0.2) is 26.2 Å². The molecule has 2 heteroatoms. The van der Waals surface area contributed by atoms with Gasteiger partial charge in [0, 0.05) is 31.6 Å². The molecule has 0 atom stereocenters. The summed E-state index contributed by atoms with van der Waals surface area (Å²) in [6.07, 6.45) is 0. The summed E-state index contributed by atoms with van der Waals surface area (Å²) in [5, 5.41) is 6.92. The van der Waals surface area contributed by atoms with Crippen LogP contribution in [0, 0.1) is 12.8 Å². The molecule has 0 radical (unpaired) electrons. The van der Waals surface area contributed by atoms with Gasteiger partial charge in [-0.1, -0.05) is 38.1 Å². The van der Waals surface area contributed by atoms with Crippen LogP contribution in [0.25, 0.3) is 0 Å². The number of nitrogens with one attached hydrogen (secondary N) is 2. The Hall–Kier alpha value is -0.860. The van der Waals surface area contributed by atoms with E-state index in [1.807, 2.05) is 0 Å². The van der Waals surface area contributed by atoms with Gasteiger partial charge in [-0.25, -0.2) is 0 Å². The molecule has 2 rings (SSSR count). The van der Waals surface area contributed by atoms with Crippen LogP contribution >= 0.6 is 0 Å². The van der Waals surface area contributed by atoms with Gasteiger partial charge in [0.1, 0.15) is 0 Å². The number of benzene rings is 1. The lowest BCUT2D eigenvalue weighted by molar-refractivity contribution is 0.319. The van der Waals surface area contributed by atoms with Crippen molar-refractivity contribution in [2.45, 2.75) is 26.2 Å². The summed E-state index contributed by atoms with van der Waals surface area (Å²) >= 11 is 0. The van der Waals surface area contributed by atoms with Gasteiger partial charge in [0.05, 0.1) is 0 Å². The van der Waals surface area contributed by atoms with Crippen LogP contribution in [0.2, 0.25) is 0 Å². The predicted molar refractivity (Wildman–Crippen MR) is 73.4 cm³/mol. The van der Waals surface area contributed by atoms with Gasteiger partial charge in [0.25, 0.3) is 0 Å². The van der Waals surface area contributed by atoms with E-state index in [0.29, 0.717) is 0 Å². The Balaban J connectivity index is 1.90. The molecule has 0 amide bonds. The largest absolute Gasteiger partial charge is 0.316 e. The molecule has 1 aliphatic rings. The Morgan fingerprint density at radius 1 is 1.29 bits per heavy atom. The van der Waals surface area contributed by atoms with E-state index in [9.17, 15) is 0 Å². The molecule has 94 valence electrons. The Bertz CT molecular complexity index is 367. The Morgan fingerprint density at radius 2 is 2.00 bits per heavy atom. The van der Waals surface area contributed by atoms with Gasteiger partial charge < -0.3 is 10.6 Å². The van der Waals surface area contributed by atoms with Gasteiger partial charge in [-0.15, -0.1) is 0 Å². The number of rotatable bonds is 5. The van der Waals surface area contributed by atoms with E-state index >= 15 is 0 Å². The first kappa shape index (κ1) is 12.6. The Morgan fingerprint density at radius 3 is 2.59 bits per heavy atom. The van der Waals surface area contributed by atoms with Crippen LogP contribution in [-0.2, 0) is 5.41 Å². The maximum Gasteiger partial charge on any atom is 0.00434 e. The van der Waals surface area contributed by atoms with Crippen LogP contribution in [0.15, 0.2) is 24.3 Å². The van der Waals surface area contributed by atoms with Gasteiger partial charge in [-0.05, 0) is 24.0 Å². The summed E-state index contributed by atoms with van der Waals surface area (Å²) in [6, 6.07) is 8.71. The highest BCUT2D eigenvalue weighted by atomic mass is 15.0. The number of hydrogen-bond acceptors (Lipinski definition) is 2. The molecule has 1 aliphatic heterocycles. The fourth-order valence-corrected chi connectivity index (χ4v) is 2.51. The molecule has 0 bridgehead atoms. The van der Waals surface area contributed by atoms with Crippen LogP contribution in [0.1, 0.15) is 25.0 Å². The molecular formula is C15H24N2. The smallest absolute Gasteiger partial charge is 0.00434 e. The molecular weight excluding hydrogens is 208 g/mol. The Labute approximate surface area is 105 Å². The number of hydrogen-bond donors (Lipinski definition) is 2. The zero-order chi connectivity index (χ0) is 12.3. The quantitative estimate of drug-likeness (QED) is 0.812. The summed E-state index contributed by atoms with van der Waals surface area (Å²) in [6.45, 7) is 11.4. The average Bonchev–Trinajstić information content (AvgIpc) is 2.22. The second-order valence-corrected chi connectivity index (χ2v) is 5.85. The van der Waals surface area contributed by atoms with Crippen molar-refractivity contribution in [2.24, 2.45) is 5.92 Å². The van der Waals surface area contributed by atoms with Crippen LogP contribution in [0.3, 0.4) is 0 Å². The fourth-order valence-electron chi connectivity index (χ4n) is 2.51. The third-order valence-corrected chi connectivity index (χ3v) is 3.74. The highest BCUT2D eigenvalue weighted by Gasteiger charge is 2.23. The van der Waals surface area contributed by atoms with Crippen LogP contribution in [0.4, 0.5) is 0 Å². The second kappa shape index (κ2) is 5.19. The SMILES string of the molecule is Cc1ccccc1C(C)(C)CNCC1CNC1. The van der Waals surface area contributed by atoms with Crippen molar-refractivity contribution in [2.75, 3.05) is 26.2 Å². The lowest BCUT2D eigenvalue weighted by atomic mass is 9.82. The second-order valence-electron chi connectivity index (χ2n) is 5.85. The van der Waals surface area contributed by atoms with Gasteiger partial charge >= 0.3 is 0 Å². The molecule has 0 aromatic heterocycles. The molecule has 2 nitrogen and oxygen atoms in total. The van der Waals surface area contributed by atoms with Gasteiger partial charge in [-0.3, -0.25) is 0 Å². The standard InChI is InChI=1S/C15H24N2/c1-12-6-4-5-7-14(12)15(2,3)11-17-10-13-8-16-9-13/h4-7,13,16-17H,8-11H2,1-3H3. The summed E-state index contributed by atoms with van der Waals surface area (Å²) in [7, 11) is 0. The predicted octanol–water partition coefficient (Wildman–Crippen LogP) is 2.08. The lowest BCUT2D eigenvalue weighted by Crippen LogP contribution is -2.48. The molecule has 0 saturated carbocycles. The molecule has 1 aromatic rings. The molecule has 0 aliphatic carbocycles.